The Labute approximate surface area is 118 Å². The third kappa shape index (κ3) is 3.12. The molecule has 1 heterocycles. The van der Waals surface area contributed by atoms with Gasteiger partial charge in [-0.1, -0.05) is 0 Å². The highest BCUT2D eigenvalue weighted by molar-refractivity contribution is 7.89. The molecule has 1 fully saturated rings. The van der Waals surface area contributed by atoms with Crippen molar-refractivity contribution in [1.82, 2.24) is 4.72 Å². The van der Waals surface area contributed by atoms with E-state index in [0.717, 1.165) is 0 Å². The highest BCUT2D eigenvalue weighted by Gasteiger charge is 2.34. The number of ether oxygens (including phenoxy) is 2. The lowest BCUT2D eigenvalue weighted by Crippen LogP contribution is -2.46. The van der Waals surface area contributed by atoms with Crippen molar-refractivity contribution in [2.45, 2.75) is 30.4 Å². The summed E-state index contributed by atoms with van der Waals surface area (Å²) in [5.74, 6) is 0.460. The predicted molar refractivity (Wildman–Crippen MR) is 73.1 cm³/mol. The summed E-state index contributed by atoms with van der Waals surface area (Å²) in [7, 11) is -2.19. The zero-order valence-electron chi connectivity index (χ0n) is 11.5. The van der Waals surface area contributed by atoms with Gasteiger partial charge in [-0.25, -0.2) is 13.1 Å². The molecule has 6 nitrogen and oxygen atoms in total. The zero-order valence-corrected chi connectivity index (χ0v) is 12.4. The maximum Gasteiger partial charge on any atom is 0.241 e. The van der Waals surface area contributed by atoms with Crippen LogP contribution in [0.4, 0.5) is 0 Å². The van der Waals surface area contributed by atoms with Gasteiger partial charge in [0, 0.05) is 12.2 Å². The number of nitrogens with one attached hydrogen (secondary N) is 1. The molecule has 1 atom stereocenters. The maximum absolute atomic E-state index is 12.4. The van der Waals surface area contributed by atoms with Crippen molar-refractivity contribution >= 4 is 10.0 Å². The summed E-state index contributed by atoms with van der Waals surface area (Å²) in [6.07, 6.45) is 0.634. The Morgan fingerprint density at radius 2 is 2.25 bits per heavy atom. The minimum atomic E-state index is -3.66. The first-order valence-electron chi connectivity index (χ1n) is 6.30. The Hall–Kier alpha value is -1.15. The molecular formula is C13H19NO5S. The van der Waals surface area contributed by atoms with E-state index in [9.17, 15) is 13.5 Å². The van der Waals surface area contributed by atoms with Crippen LogP contribution in [-0.2, 0) is 21.4 Å². The van der Waals surface area contributed by atoms with Crippen LogP contribution in [0.25, 0.3) is 0 Å². The van der Waals surface area contributed by atoms with E-state index in [-0.39, 0.29) is 11.5 Å². The van der Waals surface area contributed by atoms with Gasteiger partial charge in [-0.3, -0.25) is 0 Å². The van der Waals surface area contributed by atoms with Gasteiger partial charge < -0.3 is 14.6 Å². The average Bonchev–Trinajstić information content (AvgIpc) is 2.83. The molecule has 1 unspecified atom stereocenters. The second-order valence-corrected chi connectivity index (χ2v) is 6.78. The number of hydrogen-bond donors (Lipinski definition) is 2. The largest absolute Gasteiger partial charge is 0.496 e. The van der Waals surface area contributed by atoms with Gasteiger partial charge in [-0.05, 0) is 31.5 Å². The molecule has 7 heteroatoms. The van der Waals surface area contributed by atoms with Crippen LogP contribution in [0, 0.1) is 0 Å². The number of benzene rings is 1. The van der Waals surface area contributed by atoms with Gasteiger partial charge in [0.15, 0.2) is 0 Å². The van der Waals surface area contributed by atoms with Crippen LogP contribution in [0.3, 0.4) is 0 Å². The molecule has 112 valence electrons. The number of aliphatic hydroxyl groups excluding tert-OH is 1. The first-order valence-corrected chi connectivity index (χ1v) is 7.78. The standard InChI is InChI=1S/C13H19NO5S/c1-13(5-6-19-9-13)14-20(16,17)11-3-4-12(18-2)10(7-11)8-15/h3-4,7,14-15H,5-6,8-9H2,1-2H3. The van der Waals surface area contributed by atoms with Crippen molar-refractivity contribution in [2.24, 2.45) is 0 Å². The SMILES string of the molecule is COc1ccc(S(=O)(=O)NC2(C)CCOC2)cc1CO. The summed E-state index contributed by atoms with van der Waals surface area (Å²) in [6.45, 7) is 2.43. The topological polar surface area (TPSA) is 84.9 Å². The number of methoxy groups -OCH3 is 1. The van der Waals surface area contributed by atoms with Gasteiger partial charge in [0.1, 0.15) is 5.75 Å². The van der Waals surface area contributed by atoms with Crippen molar-refractivity contribution in [2.75, 3.05) is 20.3 Å². The minimum Gasteiger partial charge on any atom is -0.496 e. The number of hydrogen-bond acceptors (Lipinski definition) is 5. The number of aliphatic hydroxyl groups is 1. The Kier molecular flexibility index (Phi) is 4.33. The lowest BCUT2D eigenvalue weighted by molar-refractivity contribution is 0.178. The third-order valence-corrected chi connectivity index (χ3v) is 4.97. The monoisotopic (exact) mass is 301 g/mol. The molecule has 20 heavy (non-hydrogen) atoms. The van der Waals surface area contributed by atoms with Crippen LogP contribution in [0.1, 0.15) is 18.9 Å². The molecule has 1 aliphatic rings. The summed E-state index contributed by atoms with van der Waals surface area (Å²) in [4.78, 5) is 0.107. The predicted octanol–water partition coefficient (Wildman–Crippen LogP) is 0.645. The molecular weight excluding hydrogens is 282 g/mol. The Balaban J connectivity index is 2.29. The summed E-state index contributed by atoms with van der Waals surface area (Å²) in [5.41, 5.74) is -0.152. The number of rotatable bonds is 5. The molecule has 1 aromatic rings. The summed E-state index contributed by atoms with van der Waals surface area (Å²) < 4.78 is 37.7. The molecule has 1 aliphatic heterocycles. The number of sulfonamides is 1. The molecule has 0 aliphatic carbocycles. The summed E-state index contributed by atoms with van der Waals surface area (Å²) >= 11 is 0. The van der Waals surface area contributed by atoms with Crippen LogP contribution >= 0.6 is 0 Å². The first-order chi connectivity index (χ1) is 9.40. The molecule has 0 radical (unpaired) electrons. The van der Waals surface area contributed by atoms with Crippen molar-refractivity contribution in [1.29, 1.82) is 0 Å². The van der Waals surface area contributed by atoms with E-state index in [4.69, 9.17) is 9.47 Å². The van der Waals surface area contributed by atoms with Gasteiger partial charge in [0.2, 0.25) is 10.0 Å². The molecule has 1 saturated heterocycles. The molecule has 0 saturated carbocycles. The van der Waals surface area contributed by atoms with Crippen LogP contribution in [0.2, 0.25) is 0 Å². The van der Waals surface area contributed by atoms with Crippen LogP contribution in [-0.4, -0.2) is 39.4 Å². The molecule has 2 rings (SSSR count). The second kappa shape index (κ2) is 5.69. The quantitative estimate of drug-likeness (QED) is 0.834. The molecule has 0 spiro atoms. The second-order valence-electron chi connectivity index (χ2n) is 5.10. The highest BCUT2D eigenvalue weighted by atomic mass is 32.2. The molecule has 0 aromatic heterocycles. The zero-order chi connectivity index (χ0) is 14.8. The fraction of sp³-hybridized carbons (Fsp3) is 0.538. The van der Waals surface area contributed by atoms with E-state index >= 15 is 0 Å². The van der Waals surface area contributed by atoms with Crippen molar-refractivity contribution in [3.05, 3.63) is 23.8 Å². The molecule has 2 N–H and O–H groups in total. The van der Waals surface area contributed by atoms with E-state index in [1.165, 1.54) is 25.3 Å². The highest BCUT2D eigenvalue weighted by Crippen LogP contribution is 2.25. The Morgan fingerprint density at radius 3 is 2.80 bits per heavy atom. The van der Waals surface area contributed by atoms with Gasteiger partial charge in [0.25, 0.3) is 0 Å². The minimum absolute atomic E-state index is 0.107. The van der Waals surface area contributed by atoms with Crippen LogP contribution < -0.4 is 9.46 Å². The van der Waals surface area contributed by atoms with Crippen LogP contribution in [0.5, 0.6) is 5.75 Å². The lowest BCUT2D eigenvalue weighted by atomic mass is 10.0. The van der Waals surface area contributed by atoms with E-state index in [1.807, 2.05) is 6.92 Å². The van der Waals surface area contributed by atoms with Gasteiger partial charge in [0.05, 0.1) is 30.8 Å². The van der Waals surface area contributed by atoms with Gasteiger partial charge in [-0.2, -0.15) is 0 Å². The normalized spacial score (nSPS) is 22.9. The van der Waals surface area contributed by atoms with E-state index in [2.05, 4.69) is 4.72 Å². The van der Waals surface area contributed by atoms with Gasteiger partial charge in [-0.15, -0.1) is 0 Å². The average molecular weight is 301 g/mol. The fourth-order valence-electron chi connectivity index (χ4n) is 2.18. The lowest BCUT2D eigenvalue weighted by Gasteiger charge is -2.23. The molecule has 0 bridgehead atoms. The fourth-order valence-corrected chi connectivity index (χ4v) is 3.65. The van der Waals surface area contributed by atoms with Crippen molar-refractivity contribution in [3.63, 3.8) is 0 Å². The summed E-state index contributed by atoms with van der Waals surface area (Å²) in [5, 5.41) is 9.26. The van der Waals surface area contributed by atoms with Gasteiger partial charge >= 0.3 is 0 Å². The maximum atomic E-state index is 12.4. The first kappa shape index (κ1) is 15.2. The van der Waals surface area contributed by atoms with Crippen molar-refractivity contribution in [3.8, 4) is 5.75 Å². The van der Waals surface area contributed by atoms with E-state index < -0.39 is 15.6 Å². The molecule has 0 amide bonds. The summed E-state index contributed by atoms with van der Waals surface area (Å²) in [6, 6.07) is 4.41. The van der Waals surface area contributed by atoms with Crippen LogP contribution in [0.15, 0.2) is 23.1 Å². The molecule has 1 aromatic carbocycles. The van der Waals surface area contributed by atoms with E-state index in [0.29, 0.717) is 30.9 Å². The Bertz CT molecular complexity index is 578. The smallest absolute Gasteiger partial charge is 0.241 e. The van der Waals surface area contributed by atoms with Crippen molar-refractivity contribution < 1.29 is 23.0 Å². The third-order valence-electron chi connectivity index (χ3n) is 3.33. The van der Waals surface area contributed by atoms with E-state index in [1.54, 1.807) is 0 Å². The Morgan fingerprint density at radius 1 is 1.50 bits per heavy atom.